The highest BCUT2D eigenvalue weighted by Gasteiger charge is 2.13. The third-order valence-corrected chi connectivity index (χ3v) is 4.75. The molecule has 0 amide bonds. The summed E-state index contributed by atoms with van der Waals surface area (Å²) in [7, 11) is 0. The van der Waals surface area contributed by atoms with Gasteiger partial charge in [0.25, 0.3) is 0 Å². The summed E-state index contributed by atoms with van der Waals surface area (Å²) in [6, 6.07) is 10.2. The summed E-state index contributed by atoms with van der Waals surface area (Å²) in [6.07, 6.45) is 3.66. The lowest BCUT2D eigenvalue weighted by molar-refractivity contribution is 0.380. The number of para-hydroxylation sites is 1. The Bertz CT molecular complexity index is 941. The van der Waals surface area contributed by atoms with Crippen molar-refractivity contribution in [2.75, 3.05) is 6.54 Å². The van der Waals surface area contributed by atoms with Crippen LogP contribution in [-0.2, 0) is 25.9 Å². The van der Waals surface area contributed by atoms with Crippen molar-refractivity contribution in [3.63, 3.8) is 0 Å². The van der Waals surface area contributed by atoms with Crippen LogP contribution in [0.2, 0.25) is 0 Å². The largest absolute Gasteiger partial charge is 0.361 e. The molecule has 0 aliphatic carbocycles. The van der Waals surface area contributed by atoms with Gasteiger partial charge >= 0.3 is 0 Å². The first-order valence-electron chi connectivity index (χ1n) is 10.2. The van der Waals surface area contributed by atoms with Crippen molar-refractivity contribution in [3.05, 3.63) is 64.8 Å². The molecule has 1 aromatic carbocycles. The second-order valence-corrected chi connectivity index (χ2v) is 6.82. The molecular weight excluding hydrogens is 491 g/mol. The maximum Gasteiger partial charge on any atom is 0.191 e. The number of rotatable bonds is 8. The maximum atomic E-state index is 5.46. The molecule has 0 unspecified atom stereocenters. The number of benzene rings is 1. The molecule has 3 rings (SSSR count). The zero-order chi connectivity index (χ0) is 20.6. The number of aromatic nitrogens is 3. The van der Waals surface area contributed by atoms with Crippen molar-refractivity contribution in [1.82, 2.24) is 25.6 Å². The minimum absolute atomic E-state index is 0. The summed E-state index contributed by atoms with van der Waals surface area (Å²) < 4.78 is 7.37. The second kappa shape index (κ2) is 11.7. The molecule has 8 heteroatoms. The highest BCUT2D eigenvalue weighted by atomic mass is 127. The minimum atomic E-state index is 0. The average Bonchev–Trinajstić information content (AvgIpc) is 3.35. The smallest absolute Gasteiger partial charge is 0.191 e. The molecule has 0 aliphatic heterocycles. The number of guanidine groups is 1. The number of nitrogens with zero attached hydrogens (tertiary/aromatic N) is 4. The molecule has 0 radical (unpaired) electrons. The van der Waals surface area contributed by atoms with E-state index in [1.54, 1.807) is 0 Å². The number of halogens is 1. The molecule has 0 atom stereocenters. The highest BCUT2D eigenvalue weighted by molar-refractivity contribution is 14.0. The fourth-order valence-corrected chi connectivity index (χ4v) is 3.23. The van der Waals surface area contributed by atoms with Gasteiger partial charge in [-0.15, -0.1) is 24.0 Å². The van der Waals surface area contributed by atoms with E-state index in [1.165, 1.54) is 0 Å². The van der Waals surface area contributed by atoms with Crippen LogP contribution in [0.5, 0.6) is 0 Å². The number of hydrogen-bond acceptors (Lipinski definition) is 4. The van der Waals surface area contributed by atoms with Crippen molar-refractivity contribution in [1.29, 1.82) is 0 Å². The quantitative estimate of drug-likeness (QED) is 0.264. The van der Waals surface area contributed by atoms with Crippen molar-refractivity contribution in [2.24, 2.45) is 4.99 Å². The molecule has 2 aromatic heterocycles. The van der Waals surface area contributed by atoms with Gasteiger partial charge in [0.2, 0.25) is 0 Å². The zero-order valence-corrected chi connectivity index (χ0v) is 20.4. The molecule has 162 valence electrons. The van der Waals surface area contributed by atoms with Crippen LogP contribution >= 0.6 is 24.0 Å². The van der Waals surface area contributed by atoms with Crippen molar-refractivity contribution in [3.8, 4) is 5.69 Å². The van der Waals surface area contributed by atoms with Crippen molar-refractivity contribution >= 4 is 29.9 Å². The van der Waals surface area contributed by atoms with E-state index in [9.17, 15) is 0 Å². The molecular formula is C22H31IN6O. The summed E-state index contributed by atoms with van der Waals surface area (Å²) in [6.45, 7) is 10.2. The predicted octanol–water partition coefficient (Wildman–Crippen LogP) is 4.17. The summed E-state index contributed by atoms with van der Waals surface area (Å²) in [5.41, 5.74) is 5.28. The number of hydrogen-bond donors (Lipinski definition) is 2. The Morgan fingerprint density at radius 3 is 2.57 bits per heavy atom. The van der Waals surface area contributed by atoms with E-state index >= 15 is 0 Å². The normalized spacial score (nSPS) is 11.3. The third kappa shape index (κ3) is 5.84. The highest BCUT2D eigenvalue weighted by Crippen LogP contribution is 2.16. The van der Waals surface area contributed by atoms with Crippen molar-refractivity contribution in [2.45, 2.75) is 53.6 Å². The summed E-state index contributed by atoms with van der Waals surface area (Å²) in [5.74, 6) is 1.70. The van der Waals surface area contributed by atoms with Crippen LogP contribution in [0.25, 0.3) is 5.69 Å². The van der Waals surface area contributed by atoms with Gasteiger partial charge in [-0.2, -0.15) is 5.10 Å². The molecule has 0 saturated heterocycles. The molecule has 7 nitrogen and oxygen atoms in total. The fraction of sp³-hybridized carbons (Fsp3) is 0.409. The molecule has 2 N–H and O–H groups in total. The Labute approximate surface area is 195 Å². The van der Waals surface area contributed by atoms with Crippen LogP contribution in [0.3, 0.4) is 0 Å². The van der Waals surface area contributed by atoms with E-state index in [-0.39, 0.29) is 24.0 Å². The Kier molecular flexibility index (Phi) is 9.35. The average molecular weight is 522 g/mol. The predicted molar refractivity (Wildman–Crippen MR) is 131 cm³/mol. The fourth-order valence-electron chi connectivity index (χ4n) is 3.23. The minimum Gasteiger partial charge on any atom is -0.361 e. The van der Waals surface area contributed by atoms with Gasteiger partial charge in [-0.25, -0.2) is 9.67 Å². The van der Waals surface area contributed by atoms with E-state index < -0.39 is 0 Å². The molecule has 0 bridgehead atoms. The van der Waals surface area contributed by atoms with Gasteiger partial charge in [0.15, 0.2) is 5.96 Å². The van der Waals surface area contributed by atoms with E-state index in [1.807, 2.05) is 36.0 Å². The molecule has 0 aliphatic rings. The van der Waals surface area contributed by atoms with E-state index in [0.717, 1.165) is 59.3 Å². The van der Waals surface area contributed by atoms with Crippen molar-refractivity contribution < 1.29 is 4.52 Å². The van der Waals surface area contributed by atoms with Gasteiger partial charge in [-0.3, -0.25) is 0 Å². The Balaban J connectivity index is 0.00000320. The molecule has 3 aromatic rings. The van der Waals surface area contributed by atoms with Gasteiger partial charge in [0, 0.05) is 31.3 Å². The van der Waals surface area contributed by atoms with Crippen LogP contribution in [-0.4, -0.2) is 27.4 Å². The first kappa shape index (κ1) is 23.9. The number of aliphatic imine (C=N–C) groups is 1. The number of aryl methyl sites for hydroxylation is 3. The van der Waals surface area contributed by atoms with Gasteiger partial charge in [0.1, 0.15) is 5.76 Å². The Hall–Kier alpha value is -2.36. The molecule has 30 heavy (non-hydrogen) atoms. The van der Waals surface area contributed by atoms with Crippen LogP contribution < -0.4 is 10.6 Å². The topological polar surface area (TPSA) is 80.3 Å². The van der Waals surface area contributed by atoms with Gasteiger partial charge < -0.3 is 15.2 Å². The Morgan fingerprint density at radius 2 is 1.90 bits per heavy atom. The van der Waals surface area contributed by atoms with Gasteiger partial charge in [0.05, 0.1) is 23.6 Å². The molecule has 0 saturated carbocycles. The van der Waals surface area contributed by atoms with Crippen LogP contribution in [0, 0.1) is 6.92 Å². The Morgan fingerprint density at radius 1 is 1.10 bits per heavy atom. The van der Waals surface area contributed by atoms with Gasteiger partial charge in [-0.1, -0.05) is 37.2 Å². The van der Waals surface area contributed by atoms with Crippen LogP contribution in [0.4, 0.5) is 0 Å². The molecule has 0 fully saturated rings. The lowest BCUT2D eigenvalue weighted by Crippen LogP contribution is -2.37. The molecule has 0 spiro atoms. The van der Waals surface area contributed by atoms with Gasteiger partial charge in [-0.05, 0) is 38.0 Å². The lowest BCUT2D eigenvalue weighted by atomic mass is 10.1. The summed E-state index contributed by atoms with van der Waals surface area (Å²) in [5, 5.41) is 15.5. The third-order valence-electron chi connectivity index (χ3n) is 4.75. The monoisotopic (exact) mass is 522 g/mol. The summed E-state index contributed by atoms with van der Waals surface area (Å²) >= 11 is 0. The maximum absolute atomic E-state index is 5.46. The zero-order valence-electron chi connectivity index (χ0n) is 18.1. The summed E-state index contributed by atoms with van der Waals surface area (Å²) in [4.78, 5) is 4.79. The van der Waals surface area contributed by atoms with E-state index in [2.05, 4.69) is 53.8 Å². The first-order valence-corrected chi connectivity index (χ1v) is 10.2. The number of nitrogens with one attached hydrogen (secondary N) is 2. The van der Waals surface area contributed by atoms with E-state index in [0.29, 0.717) is 13.1 Å². The second-order valence-electron chi connectivity index (χ2n) is 6.82. The SMILES string of the molecule is CCNC(=NCc1ccccc1-n1ccc(C)n1)NCc1c(CC)noc1CC.I. The molecule has 2 heterocycles. The first-order chi connectivity index (χ1) is 14.2. The van der Waals surface area contributed by atoms with Crippen LogP contribution in [0.1, 0.15) is 49.0 Å². The van der Waals surface area contributed by atoms with Crippen LogP contribution in [0.15, 0.2) is 46.0 Å². The standard InChI is InChI=1S/C22H30N6O.HI/c1-5-19-18(21(6-2)29-27-19)15-25-22(23-7-3)24-14-17-10-8-9-11-20(17)28-13-12-16(4)26-28;/h8-13H,5-7,14-15H2,1-4H3,(H2,23,24,25);1H. The lowest BCUT2D eigenvalue weighted by Gasteiger charge is -2.13. The van der Waals surface area contributed by atoms with E-state index in [4.69, 9.17) is 9.52 Å².